The van der Waals surface area contributed by atoms with Crippen molar-refractivity contribution in [1.29, 1.82) is 0 Å². The maximum absolute atomic E-state index is 12.2. The van der Waals surface area contributed by atoms with Crippen molar-refractivity contribution in [3.8, 4) is 0 Å². The third kappa shape index (κ3) is 4.33. The summed E-state index contributed by atoms with van der Waals surface area (Å²) in [6.45, 7) is 2.38. The second-order valence-corrected chi connectivity index (χ2v) is 8.47. The molecule has 5 aromatic rings. The lowest BCUT2D eigenvalue weighted by Gasteiger charge is -2.16. The Kier molecular flexibility index (Phi) is 5.69. The predicted octanol–water partition coefficient (Wildman–Crippen LogP) is 4.10. The van der Waals surface area contributed by atoms with Gasteiger partial charge in [-0.3, -0.25) is 9.59 Å². The second-order valence-electron chi connectivity index (χ2n) is 8.47. The number of aromatic amines is 1. The second kappa shape index (κ2) is 8.96. The van der Waals surface area contributed by atoms with Crippen LogP contribution in [0.1, 0.15) is 28.4 Å². The maximum atomic E-state index is 12.2. The zero-order valence-corrected chi connectivity index (χ0v) is 18.6. The number of hydrogen-bond donors (Lipinski definition) is 4. The molecular weight excluding hydrogens is 428 g/mol. The predicted molar refractivity (Wildman–Crippen MR) is 134 cm³/mol. The summed E-state index contributed by atoms with van der Waals surface area (Å²) >= 11 is 0. The quantitative estimate of drug-likeness (QED) is 0.264. The Hall–Kier alpha value is -4.23. The molecule has 0 radical (unpaired) electrons. The first-order valence-corrected chi connectivity index (χ1v) is 11.1. The number of aliphatic hydroxyl groups is 1. The first-order chi connectivity index (χ1) is 16.5. The summed E-state index contributed by atoms with van der Waals surface area (Å²) in [6, 6.07) is 21.2. The van der Waals surface area contributed by atoms with E-state index in [1.165, 1.54) is 5.56 Å². The molecule has 1 aromatic heterocycles. The fourth-order valence-electron chi connectivity index (χ4n) is 4.00. The van der Waals surface area contributed by atoms with Crippen LogP contribution in [-0.2, 0) is 13.0 Å². The van der Waals surface area contributed by atoms with E-state index in [0.717, 1.165) is 27.7 Å². The number of aryl methyl sites for hydroxylation is 1. The van der Waals surface area contributed by atoms with Crippen LogP contribution in [0.4, 0.5) is 17.1 Å². The van der Waals surface area contributed by atoms with Crippen LogP contribution in [0.3, 0.4) is 0 Å². The molecule has 0 aliphatic rings. The number of aromatic nitrogens is 2. The van der Waals surface area contributed by atoms with Crippen molar-refractivity contribution < 1.29 is 5.11 Å². The molecule has 0 amide bonds. The van der Waals surface area contributed by atoms with Gasteiger partial charge in [0.2, 0.25) is 0 Å². The number of H-pyrrole nitrogens is 1. The van der Waals surface area contributed by atoms with Gasteiger partial charge in [-0.05, 0) is 41.8 Å². The van der Waals surface area contributed by atoms with Crippen LogP contribution in [0, 0.1) is 6.92 Å². The molecule has 5 rings (SSSR count). The van der Waals surface area contributed by atoms with E-state index in [2.05, 4.69) is 20.6 Å². The van der Waals surface area contributed by atoms with Crippen LogP contribution in [0.2, 0.25) is 0 Å². The molecule has 1 atom stereocenters. The lowest BCUT2D eigenvalue weighted by atomic mass is 9.99. The van der Waals surface area contributed by atoms with E-state index in [4.69, 9.17) is 0 Å². The van der Waals surface area contributed by atoms with Gasteiger partial charge in [-0.2, -0.15) is 0 Å². The number of imidazole rings is 1. The third-order valence-electron chi connectivity index (χ3n) is 5.95. The molecule has 0 aliphatic carbocycles. The first-order valence-electron chi connectivity index (χ1n) is 11.1. The first kappa shape index (κ1) is 21.6. The Morgan fingerprint density at radius 1 is 0.941 bits per heavy atom. The fourth-order valence-corrected chi connectivity index (χ4v) is 4.00. The van der Waals surface area contributed by atoms with Gasteiger partial charge in [-0.25, -0.2) is 4.98 Å². The van der Waals surface area contributed by atoms with Crippen LogP contribution in [-0.4, -0.2) is 15.1 Å². The Morgan fingerprint density at radius 2 is 1.74 bits per heavy atom. The molecule has 7 heteroatoms. The van der Waals surface area contributed by atoms with E-state index in [9.17, 15) is 14.7 Å². The zero-order chi connectivity index (χ0) is 23.7. The normalized spacial score (nSPS) is 12.2. The molecule has 34 heavy (non-hydrogen) atoms. The van der Waals surface area contributed by atoms with E-state index >= 15 is 0 Å². The highest BCUT2D eigenvalue weighted by Crippen LogP contribution is 2.24. The molecule has 1 heterocycles. The Balaban J connectivity index is 1.27. The van der Waals surface area contributed by atoms with Gasteiger partial charge in [-0.15, -0.1) is 0 Å². The molecule has 1 unspecified atom stereocenters. The molecule has 0 spiro atoms. The number of nitrogens with zero attached hydrogens (tertiary/aromatic N) is 1. The highest BCUT2D eigenvalue weighted by atomic mass is 16.3. The highest BCUT2D eigenvalue weighted by molar-refractivity contribution is 5.84. The average molecular weight is 453 g/mol. The molecule has 7 nitrogen and oxygen atoms in total. The van der Waals surface area contributed by atoms with Gasteiger partial charge >= 0.3 is 0 Å². The summed E-state index contributed by atoms with van der Waals surface area (Å²) in [4.78, 5) is 31.6. The van der Waals surface area contributed by atoms with Gasteiger partial charge in [0.25, 0.3) is 10.9 Å². The number of hydrogen-bond acceptors (Lipinski definition) is 6. The van der Waals surface area contributed by atoms with Crippen molar-refractivity contribution >= 4 is 28.1 Å². The van der Waals surface area contributed by atoms with E-state index in [1.54, 1.807) is 6.33 Å². The van der Waals surface area contributed by atoms with Crippen molar-refractivity contribution in [2.75, 3.05) is 10.6 Å². The lowest BCUT2D eigenvalue weighted by Crippen LogP contribution is -2.36. The van der Waals surface area contributed by atoms with Crippen LogP contribution in [0.25, 0.3) is 11.0 Å². The van der Waals surface area contributed by atoms with E-state index in [-0.39, 0.29) is 11.4 Å². The molecule has 0 saturated carbocycles. The highest BCUT2D eigenvalue weighted by Gasteiger charge is 2.21. The van der Waals surface area contributed by atoms with Crippen molar-refractivity contribution in [1.82, 2.24) is 9.97 Å². The molecule has 4 aromatic carbocycles. The van der Waals surface area contributed by atoms with E-state index in [1.807, 2.05) is 73.7 Å². The van der Waals surface area contributed by atoms with Gasteiger partial charge in [0.05, 0.1) is 23.5 Å². The van der Waals surface area contributed by atoms with Crippen molar-refractivity contribution in [3.05, 3.63) is 116 Å². The van der Waals surface area contributed by atoms with Gasteiger partial charge in [0, 0.05) is 18.7 Å². The Morgan fingerprint density at radius 3 is 2.56 bits per heavy atom. The minimum atomic E-state index is -0.636. The summed E-state index contributed by atoms with van der Waals surface area (Å²) in [7, 11) is 0. The zero-order valence-electron chi connectivity index (χ0n) is 18.6. The van der Waals surface area contributed by atoms with Crippen LogP contribution in [0.5, 0.6) is 0 Å². The van der Waals surface area contributed by atoms with Gasteiger partial charge in [-0.1, -0.05) is 54.1 Å². The molecule has 0 aliphatic heterocycles. The van der Waals surface area contributed by atoms with E-state index in [0.29, 0.717) is 18.7 Å². The summed E-state index contributed by atoms with van der Waals surface area (Å²) in [6.07, 6.45) is 1.48. The maximum Gasteiger partial charge on any atom is 0.253 e. The van der Waals surface area contributed by atoms with Crippen molar-refractivity contribution in [3.63, 3.8) is 0 Å². The molecule has 0 saturated heterocycles. The Bertz CT molecular complexity index is 1530. The van der Waals surface area contributed by atoms with Crippen LogP contribution < -0.4 is 21.5 Å². The van der Waals surface area contributed by atoms with Crippen molar-refractivity contribution in [2.24, 2.45) is 0 Å². The SMILES string of the molecule is Cc1ccc(CC(O)c2cccc(CNc3c(Nc4ccc5nc[nH]c5c4)c(=O)c3=O)c2)cc1. The number of benzene rings is 3. The lowest BCUT2D eigenvalue weighted by molar-refractivity contribution is 0.178. The monoisotopic (exact) mass is 452 g/mol. The van der Waals surface area contributed by atoms with E-state index < -0.39 is 17.0 Å². The Labute approximate surface area is 195 Å². The molecule has 170 valence electrons. The third-order valence-corrected chi connectivity index (χ3v) is 5.95. The molecular formula is C27H24N4O3. The summed E-state index contributed by atoms with van der Waals surface area (Å²) < 4.78 is 0. The number of nitrogens with one attached hydrogen (secondary N) is 3. The fraction of sp³-hybridized carbons (Fsp3) is 0.148. The molecule has 0 bridgehead atoms. The summed E-state index contributed by atoms with van der Waals surface area (Å²) in [5, 5.41) is 16.8. The molecule has 4 N–H and O–H groups in total. The number of fused-ring (bicyclic) bond motifs is 1. The van der Waals surface area contributed by atoms with Crippen molar-refractivity contribution in [2.45, 2.75) is 26.0 Å². The minimum absolute atomic E-state index is 0.249. The van der Waals surface area contributed by atoms with Crippen LogP contribution >= 0.6 is 0 Å². The summed E-state index contributed by atoms with van der Waals surface area (Å²) in [5.41, 5.74) is 5.71. The number of rotatable bonds is 8. The van der Waals surface area contributed by atoms with Gasteiger partial charge in [0.1, 0.15) is 11.4 Å². The average Bonchev–Trinajstić information content (AvgIpc) is 3.33. The number of anilines is 3. The molecule has 0 fully saturated rings. The number of aliphatic hydroxyl groups excluding tert-OH is 1. The minimum Gasteiger partial charge on any atom is -0.388 e. The smallest absolute Gasteiger partial charge is 0.253 e. The van der Waals surface area contributed by atoms with Gasteiger partial charge < -0.3 is 20.7 Å². The van der Waals surface area contributed by atoms with Gasteiger partial charge in [0.15, 0.2) is 0 Å². The largest absolute Gasteiger partial charge is 0.388 e. The topological polar surface area (TPSA) is 107 Å². The summed E-state index contributed by atoms with van der Waals surface area (Å²) in [5.74, 6) is 0. The van der Waals surface area contributed by atoms with Crippen LogP contribution in [0.15, 0.2) is 82.6 Å². The standard InChI is InChI=1S/C27H24N4O3/c1-16-5-7-17(8-6-16)12-23(32)19-4-2-3-18(11-19)14-28-24-25(27(34)26(24)33)31-20-9-10-21-22(13-20)30-15-29-21/h2-11,13,15,23,28,31-32H,12,14H2,1H3,(H,29,30).